The summed E-state index contributed by atoms with van der Waals surface area (Å²) in [5.41, 5.74) is -4.50. The number of hydrogen-bond acceptors (Lipinski definition) is 4. The molecule has 24 heavy (non-hydrogen) atoms. The molecule has 1 amide bonds. The molecule has 1 aliphatic rings. The Kier molecular flexibility index (Phi) is 6.91. The van der Waals surface area contributed by atoms with Gasteiger partial charge in [-0.2, -0.15) is 13.2 Å². The van der Waals surface area contributed by atoms with Gasteiger partial charge in [0.05, 0.1) is 5.56 Å². The van der Waals surface area contributed by atoms with Gasteiger partial charge in [0.25, 0.3) is 5.91 Å². The van der Waals surface area contributed by atoms with Gasteiger partial charge in [0.15, 0.2) is 0 Å². The molecule has 1 aromatic rings. The zero-order valence-electron chi connectivity index (χ0n) is 13.6. The van der Waals surface area contributed by atoms with Crippen molar-refractivity contribution in [3.63, 3.8) is 0 Å². The minimum absolute atomic E-state index is 0.0355. The molecule has 1 saturated heterocycles. The Morgan fingerprint density at radius 2 is 2.12 bits per heavy atom. The second kappa shape index (κ2) is 8.71. The molecule has 8 heteroatoms. The number of thioether (sulfide) groups is 1. The van der Waals surface area contributed by atoms with Gasteiger partial charge >= 0.3 is 5.51 Å². The van der Waals surface area contributed by atoms with E-state index in [4.69, 9.17) is 0 Å². The summed E-state index contributed by atoms with van der Waals surface area (Å²) in [5, 5.41) is 2.37. The number of rotatable bonds is 6. The van der Waals surface area contributed by atoms with E-state index in [1.807, 2.05) is 0 Å². The Balaban J connectivity index is 1.78. The van der Waals surface area contributed by atoms with Crippen LogP contribution in [-0.4, -0.2) is 47.5 Å². The molecule has 2 heterocycles. The highest BCUT2D eigenvalue weighted by Gasteiger charge is 2.32. The van der Waals surface area contributed by atoms with Crippen molar-refractivity contribution in [2.45, 2.75) is 36.7 Å². The Hall–Kier alpha value is -1.28. The van der Waals surface area contributed by atoms with Crippen LogP contribution in [0, 0.1) is 5.92 Å². The summed E-state index contributed by atoms with van der Waals surface area (Å²) in [5.74, 6) is 0.262. The van der Waals surface area contributed by atoms with Crippen molar-refractivity contribution in [1.82, 2.24) is 15.2 Å². The topological polar surface area (TPSA) is 45.2 Å². The number of pyridine rings is 1. The van der Waals surface area contributed by atoms with E-state index in [1.54, 1.807) is 0 Å². The highest BCUT2D eigenvalue weighted by Crippen LogP contribution is 2.37. The molecule has 2 rings (SSSR count). The molecule has 0 unspecified atom stereocenters. The minimum Gasteiger partial charge on any atom is -0.352 e. The molecule has 0 aromatic carbocycles. The first kappa shape index (κ1) is 19.1. The van der Waals surface area contributed by atoms with E-state index in [1.165, 1.54) is 31.2 Å². The Bertz CT molecular complexity index is 546. The molecule has 0 atom stereocenters. The van der Waals surface area contributed by atoms with Crippen LogP contribution in [0.3, 0.4) is 0 Å². The molecule has 1 N–H and O–H groups in total. The van der Waals surface area contributed by atoms with E-state index >= 15 is 0 Å². The van der Waals surface area contributed by atoms with Crippen LogP contribution in [0.2, 0.25) is 0 Å². The average molecular weight is 361 g/mol. The van der Waals surface area contributed by atoms with Crippen LogP contribution < -0.4 is 5.32 Å². The maximum atomic E-state index is 12.5. The standard InChI is InChI=1S/C16H22F3N3OS/c1-12-5-10-22(11-6-12)9-3-8-20-14(23)13-4-2-7-21-15(13)24-16(17,18)19/h2,4,7,12H,3,5-6,8-11H2,1H3,(H,20,23). The van der Waals surface area contributed by atoms with Gasteiger partial charge < -0.3 is 10.2 Å². The van der Waals surface area contributed by atoms with Gasteiger partial charge in [-0.05, 0) is 56.9 Å². The van der Waals surface area contributed by atoms with Crippen LogP contribution in [-0.2, 0) is 0 Å². The number of aromatic nitrogens is 1. The van der Waals surface area contributed by atoms with Crippen molar-refractivity contribution >= 4 is 17.7 Å². The average Bonchev–Trinajstić information content (AvgIpc) is 2.52. The van der Waals surface area contributed by atoms with Gasteiger partial charge in [0, 0.05) is 24.5 Å². The van der Waals surface area contributed by atoms with Crippen molar-refractivity contribution in [2.24, 2.45) is 5.92 Å². The number of hydrogen-bond donors (Lipinski definition) is 1. The normalized spacial score (nSPS) is 17.0. The van der Waals surface area contributed by atoms with Crippen LogP contribution in [0.5, 0.6) is 0 Å². The zero-order valence-corrected chi connectivity index (χ0v) is 14.4. The highest BCUT2D eigenvalue weighted by molar-refractivity contribution is 8.00. The smallest absolute Gasteiger partial charge is 0.352 e. The number of nitrogens with one attached hydrogen (secondary N) is 1. The molecule has 0 spiro atoms. The molecule has 4 nitrogen and oxygen atoms in total. The van der Waals surface area contributed by atoms with Gasteiger partial charge in [0.2, 0.25) is 0 Å². The third kappa shape index (κ3) is 6.32. The molecular formula is C16H22F3N3OS. The van der Waals surface area contributed by atoms with Gasteiger partial charge in [0.1, 0.15) is 5.03 Å². The van der Waals surface area contributed by atoms with Gasteiger partial charge in [-0.15, -0.1) is 0 Å². The van der Waals surface area contributed by atoms with E-state index in [2.05, 4.69) is 22.1 Å². The summed E-state index contributed by atoms with van der Waals surface area (Å²) in [6.07, 6.45) is 4.42. The summed E-state index contributed by atoms with van der Waals surface area (Å²) >= 11 is -0.362. The van der Waals surface area contributed by atoms with Crippen molar-refractivity contribution < 1.29 is 18.0 Å². The molecule has 1 aliphatic heterocycles. The molecule has 0 aliphatic carbocycles. The first-order valence-electron chi connectivity index (χ1n) is 8.06. The summed E-state index contributed by atoms with van der Waals surface area (Å²) in [7, 11) is 0. The second-order valence-corrected chi connectivity index (χ2v) is 7.09. The van der Waals surface area contributed by atoms with E-state index in [0.717, 1.165) is 32.0 Å². The summed E-state index contributed by atoms with van der Waals surface area (Å²) in [6.45, 7) is 5.73. The number of likely N-dealkylation sites (tertiary alicyclic amines) is 1. The lowest BCUT2D eigenvalue weighted by molar-refractivity contribution is -0.0329. The fourth-order valence-electron chi connectivity index (χ4n) is 2.64. The predicted octanol–water partition coefficient (Wildman–Crippen LogP) is 3.55. The van der Waals surface area contributed by atoms with Crippen LogP contribution in [0.25, 0.3) is 0 Å². The lowest BCUT2D eigenvalue weighted by atomic mass is 9.99. The summed E-state index contributed by atoms with van der Waals surface area (Å²) in [6, 6.07) is 2.83. The SMILES string of the molecule is CC1CCN(CCCNC(=O)c2cccnc2SC(F)(F)F)CC1. The van der Waals surface area contributed by atoms with Crippen molar-refractivity contribution in [2.75, 3.05) is 26.2 Å². The molecule has 0 saturated carbocycles. The van der Waals surface area contributed by atoms with Gasteiger partial charge in [-0.3, -0.25) is 4.79 Å². The first-order valence-corrected chi connectivity index (χ1v) is 8.88. The number of nitrogens with zero attached hydrogens (tertiary/aromatic N) is 2. The summed E-state index contributed by atoms with van der Waals surface area (Å²) < 4.78 is 37.5. The lowest BCUT2D eigenvalue weighted by Gasteiger charge is -2.30. The fraction of sp³-hybridized carbons (Fsp3) is 0.625. The maximum Gasteiger partial charge on any atom is 0.447 e. The fourth-order valence-corrected chi connectivity index (χ4v) is 3.24. The van der Waals surface area contributed by atoms with E-state index in [-0.39, 0.29) is 22.4 Å². The molecule has 134 valence electrons. The van der Waals surface area contributed by atoms with E-state index in [0.29, 0.717) is 6.54 Å². The predicted molar refractivity (Wildman–Crippen MR) is 87.9 cm³/mol. The number of halogens is 3. The van der Waals surface area contributed by atoms with Gasteiger partial charge in [-0.1, -0.05) is 6.92 Å². The summed E-state index contributed by atoms with van der Waals surface area (Å²) in [4.78, 5) is 18.1. The molecule has 1 fully saturated rings. The Morgan fingerprint density at radius 3 is 2.79 bits per heavy atom. The largest absolute Gasteiger partial charge is 0.447 e. The van der Waals surface area contributed by atoms with Gasteiger partial charge in [-0.25, -0.2) is 4.98 Å². The molecular weight excluding hydrogens is 339 g/mol. The van der Waals surface area contributed by atoms with Crippen molar-refractivity contribution in [3.05, 3.63) is 23.9 Å². The first-order chi connectivity index (χ1) is 11.3. The van der Waals surface area contributed by atoms with Crippen LogP contribution in [0.15, 0.2) is 23.4 Å². The van der Waals surface area contributed by atoms with Crippen LogP contribution in [0.4, 0.5) is 13.2 Å². The second-order valence-electron chi connectivity index (χ2n) is 6.04. The molecule has 0 bridgehead atoms. The van der Waals surface area contributed by atoms with Crippen molar-refractivity contribution in [1.29, 1.82) is 0 Å². The van der Waals surface area contributed by atoms with E-state index in [9.17, 15) is 18.0 Å². The third-order valence-electron chi connectivity index (χ3n) is 4.04. The number of carbonyl (C=O) groups is 1. The number of amides is 1. The zero-order chi connectivity index (χ0) is 17.6. The van der Waals surface area contributed by atoms with E-state index < -0.39 is 11.4 Å². The quantitative estimate of drug-likeness (QED) is 0.622. The number of alkyl halides is 3. The Morgan fingerprint density at radius 1 is 1.42 bits per heavy atom. The third-order valence-corrected chi connectivity index (χ3v) is 4.79. The molecule has 0 radical (unpaired) electrons. The lowest BCUT2D eigenvalue weighted by Crippen LogP contribution is -2.35. The number of carbonyl (C=O) groups excluding carboxylic acids is 1. The highest BCUT2D eigenvalue weighted by atomic mass is 32.2. The van der Waals surface area contributed by atoms with Crippen LogP contribution in [0.1, 0.15) is 36.5 Å². The number of piperidine rings is 1. The molecule has 1 aromatic heterocycles. The van der Waals surface area contributed by atoms with Crippen molar-refractivity contribution in [3.8, 4) is 0 Å². The Labute approximate surface area is 144 Å². The monoisotopic (exact) mass is 361 g/mol. The maximum absolute atomic E-state index is 12.5. The van der Waals surface area contributed by atoms with Crippen LogP contribution >= 0.6 is 11.8 Å². The minimum atomic E-state index is -4.46.